The summed E-state index contributed by atoms with van der Waals surface area (Å²) in [7, 11) is 0. The van der Waals surface area contributed by atoms with Crippen LogP contribution in [0.15, 0.2) is 11.0 Å². The molecule has 1 heterocycles. The van der Waals surface area contributed by atoms with Crippen LogP contribution in [0.25, 0.3) is 0 Å². The summed E-state index contributed by atoms with van der Waals surface area (Å²) in [5.74, 6) is -1.23. The van der Waals surface area contributed by atoms with Crippen LogP contribution in [0.4, 0.5) is 0 Å². The summed E-state index contributed by atoms with van der Waals surface area (Å²) in [6, 6.07) is 0. The molecule has 5 heteroatoms. The topological polar surface area (TPSA) is 83.0 Å². The molecule has 1 unspecified atom stereocenters. The van der Waals surface area contributed by atoms with Gasteiger partial charge in [-0.25, -0.2) is 4.98 Å². The Morgan fingerprint density at radius 2 is 2.12 bits per heavy atom. The molecule has 1 aromatic rings. The Hall–Kier alpha value is -1.65. The molecule has 0 amide bonds. The molecule has 0 aliphatic carbocycles. The third kappa shape index (κ3) is 2.92. The minimum absolute atomic E-state index is 0.199. The maximum Gasteiger partial charge on any atom is 0.313 e. The number of carbonyl (C=O) groups is 1. The number of carboxylic acid groups (broad SMARTS) is 1. The number of carboxylic acids is 1. The fourth-order valence-corrected chi connectivity index (χ4v) is 1.36. The number of aromatic amines is 1. The molecule has 16 heavy (non-hydrogen) atoms. The number of H-pyrrole nitrogens is 1. The molecule has 0 bridgehead atoms. The number of aliphatic carboxylic acids is 1. The molecule has 0 saturated carbocycles. The second-order valence-corrected chi connectivity index (χ2v) is 4.28. The van der Waals surface area contributed by atoms with Gasteiger partial charge in [0.15, 0.2) is 0 Å². The molecule has 0 saturated heterocycles. The highest BCUT2D eigenvalue weighted by molar-refractivity contribution is 5.74. The van der Waals surface area contributed by atoms with Crippen LogP contribution in [0.3, 0.4) is 0 Å². The Morgan fingerprint density at radius 1 is 1.50 bits per heavy atom. The Bertz CT molecular complexity index is 437. The van der Waals surface area contributed by atoms with E-state index < -0.39 is 11.9 Å². The third-order valence-corrected chi connectivity index (χ3v) is 2.30. The van der Waals surface area contributed by atoms with E-state index in [2.05, 4.69) is 9.97 Å². The van der Waals surface area contributed by atoms with E-state index >= 15 is 0 Å². The molecular formula is C11H16N2O3. The Labute approximate surface area is 93.5 Å². The van der Waals surface area contributed by atoms with Gasteiger partial charge in [-0.05, 0) is 19.3 Å². The highest BCUT2D eigenvalue weighted by atomic mass is 16.4. The van der Waals surface area contributed by atoms with Gasteiger partial charge in [-0.1, -0.05) is 13.8 Å². The van der Waals surface area contributed by atoms with Crippen LogP contribution in [0.5, 0.6) is 0 Å². The lowest BCUT2D eigenvalue weighted by molar-refractivity contribution is -0.138. The van der Waals surface area contributed by atoms with Crippen LogP contribution in [0, 0.1) is 5.92 Å². The van der Waals surface area contributed by atoms with Crippen LogP contribution < -0.4 is 5.56 Å². The van der Waals surface area contributed by atoms with Crippen molar-refractivity contribution in [1.82, 2.24) is 9.97 Å². The van der Waals surface area contributed by atoms with E-state index in [1.54, 1.807) is 0 Å². The Kier molecular flexibility index (Phi) is 3.82. The predicted octanol–water partition coefficient (Wildman–Crippen LogP) is 1.16. The molecule has 0 aliphatic rings. The van der Waals surface area contributed by atoms with E-state index in [0.29, 0.717) is 17.9 Å². The second-order valence-electron chi connectivity index (χ2n) is 4.28. The second kappa shape index (κ2) is 4.92. The molecule has 0 fully saturated rings. The summed E-state index contributed by atoms with van der Waals surface area (Å²) >= 11 is 0. The van der Waals surface area contributed by atoms with Crippen LogP contribution in [-0.2, 0) is 11.2 Å². The largest absolute Gasteiger partial charge is 0.481 e. The Balaban J connectivity index is 3.00. The van der Waals surface area contributed by atoms with Crippen molar-refractivity contribution in [3.05, 3.63) is 27.9 Å². The van der Waals surface area contributed by atoms with Crippen LogP contribution in [0.2, 0.25) is 0 Å². The SMILES string of the molecule is CC(C)Cc1cnc(C(C)C(=O)O)[nH]c1=O. The lowest BCUT2D eigenvalue weighted by Crippen LogP contribution is -2.21. The highest BCUT2D eigenvalue weighted by Crippen LogP contribution is 2.09. The van der Waals surface area contributed by atoms with Crippen molar-refractivity contribution in [3.63, 3.8) is 0 Å². The van der Waals surface area contributed by atoms with Crippen molar-refractivity contribution >= 4 is 5.97 Å². The molecule has 5 nitrogen and oxygen atoms in total. The normalized spacial score (nSPS) is 12.8. The smallest absolute Gasteiger partial charge is 0.313 e. The number of aromatic nitrogens is 2. The lowest BCUT2D eigenvalue weighted by Gasteiger charge is -2.07. The maximum absolute atomic E-state index is 11.6. The molecule has 0 spiro atoms. The van der Waals surface area contributed by atoms with Gasteiger partial charge in [0.05, 0.1) is 0 Å². The van der Waals surface area contributed by atoms with Crippen molar-refractivity contribution in [3.8, 4) is 0 Å². The molecule has 88 valence electrons. The summed E-state index contributed by atoms with van der Waals surface area (Å²) in [4.78, 5) is 28.8. The fourth-order valence-electron chi connectivity index (χ4n) is 1.36. The quantitative estimate of drug-likeness (QED) is 0.803. The van der Waals surface area contributed by atoms with E-state index in [4.69, 9.17) is 5.11 Å². The first-order valence-electron chi connectivity index (χ1n) is 5.22. The fraction of sp³-hybridized carbons (Fsp3) is 0.545. The Morgan fingerprint density at radius 3 is 2.56 bits per heavy atom. The summed E-state index contributed by atoms with van der Waals surface area (Å²) in [5.41, 5.74) is 0.350. The molecule has 1 atom stereocenters. The van der Waals surface area contributed by atoms with Gasteiger partial charge in [0.1, 0.15) is 11.7 Å². The molecule has 1 aromatic heterocycles. The zero-order valence-electron chi connectivity index (χ0n) is 9.65. The van der Waals surface area contributed by atoms with Gasteiger partial charge < -0.3 is 10.1 Å². The maximum atomic E-state index is 11.6. The molecule has 0 aliphatic heterocycles. The lowest BCUT2D eigenvalue weighted by atomic mass is 10.1. The number of nitrogens with one attached hydrogen (secondary N) is 1. The first-order valence-corrected chi connectivity index (χ1v) is 5.22. The average molecular weight is 224 g/mol. The minimum Gasteiger partial charge on any atom is -0.481 e. The first kappa shape index (κ1) is 12.4. The van der Waals surface area contributed by atoms with Crippen LogP contribution in [0.1, 0.15) is 38.1 Å². The summed E-state index contributed by atoms with van der Waals surface area (Å²) in [6.07, 6.45) is 2.11. The monoisotopic (exact) mass is 224 g/mol. The number of hydrogen-bond acceptors (Lipinski definition) is 3. The van der Waals surface area contributed by atoms with E-state index in [9.17, 15) is 9.59 Å². The van der Waals surface area contributed by atoms with Crippen LogP contribution in [-0.4, -0.2) is 21.0 Å². The van der Waals surface area contributed by atoms with E-state index in [-0.39, 0.29) is 11.4 Å². The van der Waals surface area contributed by atoms with Gasteiger partial charge in [-0.15, -0.1) is 0 Å². The van der Waals surface area contributed by atoms with E-state index in [1.165, 1.54) is 13.1 Å². The van der Waals surface area contributed by atoms with Crippen molar-refractivity contribution in [1.29, 1.82) is 0 Å². The third-order valence-electron chi connectivity index (χ3n) is 2.30. The molecule has 0 radical (unpaired) electrons. The standard InChI is InChI=1S/C11H16N2O3/c1-6(2)4-8-5-12-9(13-10(8)14)7(3)11(15)16/h5-7H,4H2,1-3H3,(H,15,16)(H,12,13,14). The zero-order chi connectivity index (χ0) is 12.3. The first-order chi connectivity index (χ1) is 7.41. The molecule has 2 N–H and O–H groups in total. The van der Waals surface area contributed by atoms with Gasteiger partial charge in [0.25, 0.3) is 5.56 Å². The number of rotatable bonds is 4. The highest BCUT2D eigenvalue weighted by Gasteiger charge is 2.16. The van der Waals surface area contributed by atoms with Gasteiger partial charge in [0.2, 0.25) is 0 Å². The van der Waals surface area contributed by atoms with E-state index in [0.717, 1.165) is 0 Å². The van der Waals surface area contributed by atoms with Crippen molar-refractivity contribution < 1.29 is 9.90 Å². The summed E-state index contributed by atoms with van der Waals surface area (Å²) < 4.78 is 0. The minimum atomic E-state index is -1.00. The molecule has 0 aromatic carbocycles. The van der Waals surface area contributed by atoms with Gasteiger partial charge >= 0.3 is 5.97 Å². The summed E-state index contributed by atoms with van der Waals surface area (Å²) in [6.45, 7) is 5.50. The predicted molar refractivity (Wildman–Crippen MR) is 59.5 cm³/mol. The van der Waals surface area contributed by atoms with Gasteiger partial charge in [0, 0.05) is 11.8 Å². The summed E-state index contributed by atoms with van der Waals surface area (Å²) in [5, 5.41) is 8.78. The number of nitrogens with zero attached hydrogens (tertiary/aromatic N) is 1. The number of hydrogen-bond donors (Lipinski definition) is 2. The van der Waals surface area contributed by atoms with Crippen LogP contribution >= 0.6 is 0 Å². The zero-order valence-corrected chi connectivity index (χ0v) is 9.65. The molecular weight excluding hydrogens is 208 g/mol. The van der Waals surface area contributed by atoms with E-state index in [1.807, 2.05) is 13.8 Å². The average Bonchev–Trinajstić information content (AvgIpc) is 2.19. The van der Waals surface area contributed by atoms with Gasteiger partial charge in [-0.3, -0.25) is 9.59 Å². The van der Waals surface area contributed by atoms with Crippen molar-refractivity contribution in [2.24, 2.45) is 5.92 Å². The van der Waals surface area contributed by atoms with Crippen molar-refractivity contribution in [2.45, 2.75) is 33.1 Å². The molecule has 1 rings (SSSR count). The van der Waals surface area contributed by atoms with Crippen molar-refractivity contribution in [2.75, 3.05) is 0 Å². The van der Waals surface area contributed by atoms with Gasteiger partial charge in [-0.2, -0.15) is 0 Å².